The fraction of sp³-hybridized carbons (Fsp3) is 0.333. The molecule has 1 aliphatic heterocycles. The Morgan fingerprint density at radius 3 is 2.45 bits per heavy atom. The van der Waals surface area contributed by atoms with E-state index in [1.165, 1.54) is 16.4 Å². The average molecular weight is 416 g/mol. The number of ether oxygens (including phenoxy) is 1. The van der Waals surface area contributed by atoms with Gasteiger partial charge in [-0.15, -0.1) is 0 Å². The molecule has 7 nitrogen and oxygen atoms in total. The monoisotopic (exact) mass is 416 g/mol. The van der Waals surface area contributed by atoms with Gasteiger partial charge in [0.25, 0.3) is 5.91 Å². The van der Waals surface area contributed by atoms with Crippen molar-refractivity contribution in [3.05, 3.63) is 53.6 Å². The second-order valence-electron chi connectivity index (χ2n) is 7.12. The van der Waals surface area contributed by atoms with Crippen LogP contribution in [-0.4, -0.2) is 44.1 Å². The summed E-state index contributed by atoms with van der Waals surface area (Å²) in [6.07, 6.45) is 0.466. The summed E-state index contributed by atoms with van der Waals surface area (Å²) in [6, 6.07) is 10.8. The van der Waals surface area contributed by atoms with Crippen LogP contribution in [0.2, 0.25) is 0 Å². The van der Waals surface area contributed by atoms with E-state index in [9.17, 15) is 18.0 Å². The molecule has 3 rings (SSSR count). The van der Waals surface area contributed by atoms with Gasteiger partial charge in [0.2, 0.25) is 10.0 Å². The molecule has 1 aliphatic rings. The summed E-state index contributed by atoms with van der Waals surface area (Å²) in [5.41, 5.74) is 1.81. The van der Waals surface area contributed by atoms with E-state index in [-0.39, 0.29) is 42.0 Å². The zero-order valence-electron chi connectivity index (χ0n) is 16.6. The van der Waals surface area contributed by atoms with Gasteiger partial charge in [-0.1, -0.05) is 0 Å². The highest BCUT2D eigenvalue weighted by atomic mass is 32.2. The molecule has 1 unspecified atom stereocenters. The van der Waals surface area contributed by atoms with E-state index in [4.69, 9.17) is 4.74 Å². The summed E-state index contributed by atoms with van der Waals surface area (Å²) < 4.78 is 32.3. The summed E-state index contributed by atoms with van der Waals surface area (Å²) in [5.74, 6) is 0.482. The van der Waals surface area contributed by atoms with Crippen molar-refractivity contribution in [2.24, 2.45) is 0 Å². The lowest BCUT2D eigenvalue weighted by molar-refractivity contribution is -0.121. The molecule has 2 aromatic carbocycles. The van der Waals surface area contributed by atoms with Gasteiger partial charge in [-0.2, -0.15) is 4.31 Å². The molecule has 0 aromatic heterocycles. The quantitative estimate of drug-likeness (QED) is 0.809. The molecule has 1 saturated heterocycles. The number of nitrogens with one attached hydrogen (secondary N) is 1. The molecular weight excluding hydrogens is 392 g/mol. The lowest BCUT2D eigenvalue weighted by atomic mass is 10.1. The summed E-state index contributed by atoms with van der Waals surface area (Å²) in [7, 11) is -2.12. The molecule has 29 heavy (non-hydrogen) atoms. The van der Waals surface area contributed by atoms with Gasteiger partial charge in [-0.25, -0.2) is 8.42 Å². The molecule has 0 radical (unpaired) electrons. The number of rotatable bonds is 5. The first-order valence-electron chi connectivity index (χ1n) is 9.32. The minimum atomic E-state index is -3.69. The van der Waals surface area contributed by atoms with Crippen LogP contribution in [0.25, 0.3) is 0 Å². The molecule has 1 atom stereocenters. The molecule has 1 heterocycles. The standard InChI is InChI=1S/C21H24N2O5S/c1-14-12-16(4-9-20(14)28-3)21(25)22-17-5-7-19(8-6-17)29(26,27)23-11-10-18(24)13-15(23)2/h4-9,12,15H,10-11,13H2,1-3H3,(H,22,25). The number of sulfonamides is 1. The third kappa shape index (κ3) is 4.49. The van der Waals surface area contributed by atoms with Gasteiger partial charge >= 0.3 is 0 Å². The highest BCUT2D eigenvalue weighted by molar-refractivity contribution is 7.89. The van der Waals surface area contributed by atoms with Gasteiger partial charge in [0.05, 0.1) is 12.0 Å². The predicted molar refractivity (Wildman–Crippen MR) is 110 cm³/mol. The van der Waals surface area contributed by atoms with Gasteiger partial charge in [-0.3, -0.25) is 9.59 Å². The summed E-state index contributed by atoms with van der Waals surface area (Å²) in [5, 5.41) is 2.76. The average Bonchev–Trinajstić information content (AvgIpc) is 2.68. The number of hydrogen-bond donors (Lipinski definition) is 1. The van der Waals surface area contributed by atoms with Crippen LogP contribution in [0.5, 0.6) is 5.75 Å². The molecule has 1 N–H and O–H groups in total. The topological polar surface area (TPSA) is 92.8 Å². The van der Waals surface area contributed by atoms with Crippen molar-refractivity contribution in [2.45, 2.75) is 37.6 Å². The van der Waals surface area contributed by atoms with Crippen LogP contribution in [0.4, 0.5) is 5.69 Å². The second kappa shape index (κ2) is 8.34. The third-order valence-corrected chi connectivity index (χ3v) is 7.03. The maximum atomic E-state index is 12.9. The van der Waals surface area contributed by atoms with E-state index in [2.05, 4.69) is 5.32 Å². The molecule has 2 aromatic rings. The first-order chi connectivity index (χ1) is 13.7. The number of anilines is 1. The molecule has 8 heteroatoms. The van der Waals surface area contributed by atoms with Crippen LogP contribution >= 0.6 is 0 Å². The minimum absolute atomic E-state index is 0.0794. The Kier molecular flexibility index (Phi) is 6.04. The number of amides is 1. The Labute approximate surface area is 170 Å². The fourth-order valence-corrected chi connectivity index (χ4v) is 5.05. The first kappa shape index (κ1) is 21.0. The highest BCUT2D eigenvalue weighted by Crippen LogP contribution is 2.25. The predicted octanol–water partition coefficient (Wildman–Crippen LogP) is 3.00. The van der Waals surface area contributed by atoms with Crippen molar-refractivity contribution in [2.75, 3.05) is 19.0 Å². The van der Waals surface area contributed by atoms with E-state index >= 15 is 0 Å². The number of hydrogen-bond acceptors (Lipinski definition) is 5. The van der Waals surface area contributed by atoms with Gasteiger partial charge in [-0.05, 0) is 61.9 Å². The lowest BCUT2D eigenvalue weighted by Crippen LogP contribution is -2.44. The molecule has 1 fully saturated rings. The van der Waals surface area contributed by atoms with Crippen molar-refractivity contribution in [3.8, 4) is 5.75 Å². The Bertz CT molecular complexity index is 1030. The van der Waals surface area contributed by atoms with Crippen molar-refractivity contribution in [1.82, 2.24) is 4.31 Å². The van der Waals surface area contributed by atoms with Crippen LogP contribution in [0, 0.1) is 6.92 Å². The second-order valence-corrected chi connectivity index (χ2v) is 9.01. The summed E-state index contributed by atoms with van der Waals surface area (Å²) in [6.45, 7) is 3.78. The van der Waals surface area contributed by atoms with Crippen LogP contribution in [-0.2, 0) is 14.8 Å². The number of aryl methyl sites for hydroxylation is 1. The lowest BCUT2D eigenvalue weighted by Gasteiger charge is -2.31. The van der Waals surface area contributed by atoms with Crippen molar-refractivity contribution < 1.29 is 22.7 Å². The van der Waals surface area contributed by atoms with E-state index in [1.807, 2.05) is 6.92 Å². The number of ketones is 1. The molecular formula is C21H24N2O5S. The SMILES string of the molecule is COc1ccc(C(=O)Nc2ccc(S(=O)(=O)N3CCC(=O)CC3C)cc2)cc1C. The largest absolute Gasteiger partial charge is 0.496 e. The normalized spacial score (nSPS) is 17.8. The number of nitrogens with zero attached hydrogens (tertiary/aromatic N) is 1. The molecule has 0 aliphatic carbocycles. The van der Waals surface area contributed by atoms with E-state index in [0.717, 1.165) is 5.56 Å². The van der Waals surface area contributed by atoms with Crippen LogP contribution < -0.4 is 10.1 Å². The molecule has 154 valence electrons. The van der Waals surface area contributed by atoms with Crippen molar-refractivity contribution in [1.29, 1.82) is 0 Å². The van der Waals surface area contributed by atoms with E-state index in [1.54, 1.807) is 44.4 Å². The number of Topliss-reactive ketones (excluding diaryl/α,β-unsaturated/α-hetero) is 1. The smallest absolute Gasteiger partial charge is 0.255 e. The van der Waals surface area contributed by atoms with Gasteiger partial charge in [0.1, 0.15) is 11.5 Å². The maximum absolute atomic E-state index is 12.9. The summed E-state index contributed by atoms with van der Waals surface area (Å²) >= 11 is 0. The minimum Gasteiger partial charge on any atom is -0.496 e. The van der Waals surface area contributed by atoms with Crippen LogP contribution in [0.1, 0.15) is 35.7 Å². The number of benzene rings is 2. The Hall–Kier alpha value is -2.71. The molecule has 0 spiro atoms. The molecule has 0 saturated carbocycles. The summed E-state index contributed by atoms with van der Waals surface area (Å²) in [4.78, 5) is 24.1. The number of carbonyl (C=O) groups excluding carboxylic acids is 2. The van der Waals surface area contributed by atoms with Gasteiger partial charge in [0, 0.05) is 36.7 Å². The number of methoxy groups -OCH3 is 1. The fourth-order valence-electron chi connectivity index (χ4n) is 3.41. The van der Waals surface area contributed by atoms with Crippen molar-refractivity contribution in [3.63, 3.8) is 0 Å². The van der Waals surface area contributed by atoms with Gasteiger partial charge < -0.3 is 10.1 Å². The number of piperidine rings is 1. The van der Waals surface area contributed by atoms with E-state index in [0.29, 0.717) is 17.0 Å². The zero-order valence-corrected chi connectivity index (χ0v) is 17.5. The van der Waals surface area contributed by atoms with Crippen molar-refractivity contribution >= 4 is 27.4 Å². The highest BCUT2D eigenvalue weighted by Gasteiger charge is 2.33. The maximum Gasteiger partial charge on any atom is 0.255 e. The first-order valence-corrected chi connectivity index (χ1v) is 10.8. The van der Waals surface area contributed by atoms with Gasteiger partial charge in [0.15, 0.2) is 0 Å². The van der Waals surface area contributed by atoms with E-state index < -0.39 is 10.0 Å². The Balaban J connectivity index is 1.73. The third-order valence-electron chi connectivity index (χ3n) is 5.00. The van der Waals surface area contributed by atoms with Crippen LogP contribution in [0.15, 0.2) is 47.4 Å². The number of carbonyl (C=O) groups is 2. The Morgan fingerprint density at radius 2 is 1.86 bits per heavy atom. The zero-order chi connectivity index (χ0) is 21.2. The van der Waals surface area contributed by atoms with Crippen LogP contribution in [0.3, 0.4) is 0 Å². The molecule has 1 amide bonds. The Morgan fingerprint density at radius 1 is 1.17 bits per heavy atom. The molecule has 0 bridgehead atoms.